The van der Waals surface area contributed by atoms with Crippen LogP contribution in [-0.2, 0) is 27.6 Å². The van der Waals surface area contributed by atoms with Gasteiger partial charge in [-0.3, -0.25) is 14.4 Å². The Hall–Kier alpha value is -4.65. The molecule has 0 saturated heterocycles. The molecule has 0 aliphatic heterocycles. The van der Waals surface area contributed by atoms with E-state index in [1.54, 1.807) is 42.5 Å². The van der Waals surface area contributed by atoms with E-state index in [0.717, 1.165) is 33.4 Å². The van der Waals surface area contributed by atoms with Crippen molar-refractivity contribution in [3.05, 3.63) is 146 Å². The number of Topliss-reactive ketones (excluding diaryl/α,β-unsaturated/α-hetero) is 3. The van der Waals surface area contributed by atoms with E-state index < -0.39 is 33.6 Å². The predicted molar refractivity (Wildman–Crippen MR) is 249 cm³/mol. The van der Waals surface area contributed by atoms with Gasteiger partial charge in [-0.1, -0.05) is 108 Å². The lowest BCUT2D eigenvalue weighted by atomic mass is 9.53. The Morgan fingerprint density at radius 3 is 1.80 bits per heavy atom. The van der Waals surface area contributed by atoms with Crippen molar-refractivity contribution in [3.63, 3.8) is 0 Å². The van der Waals surface area contributed by atoms with Gasteiger partial charge in [-0.15, -0.1) is 0 Å². The van der Waals surface area contributed by atoms with Crippen molar-refractivity contribution in [1.82, 2.24) is 0 Å². The number of benzene rings is 3. The predicted octanol–water partition coefficient (Wildman–Crippen LogP) is 14.2. The molecule has 2 saturated carbocycles. The molecular formula is C53H62Cl2O6. The maximum Gasteiger partial charge on any atom is 0.184 e. The quantitative estimate of drug-likeness (QED) is 0.0507. The van der Waals surface area contributed by atoms with Crippen molar-refractivity contribution in [2.75, 3.05) is 0 Å². The molecule has 0 radical (unpaired) electrons. The topological polar surface area (TPSA) is 89.9 Å². The number of carbonyl (C=O) groups is 3. The molecule has 8 heteroatoms. The Morgan fingerprint density at radius 1 is 0.754 bits per heavy atom. The van der Waals surface area contributed by atoms with Crippen molar-refractivity contribution in [1.29, 1.82) is 0 Å². The second kappa shape index (κ2) is 19.6. The molecule has 324 valence electrons. The molecule has 6 nitrogen and oxygen atoms in total. The molecule has 4 unspecified atom stereocenters. The van der Waals surface area contributed by atoms with Crippen LogP contribution in [0.3, 0.4) is 0 Å². The third-order valence-electron chi connectivity index (χ3n) is 12.5. The number of hydrogen-bond acceptors (Lipinski definition) is 6. The van der Waals surface area contributed by atoms with E-state index in [9.17, 15) is 5.11 Å². The van der Waals surface area contributed by atoms with Crippen LogP contribution in [0.15, 0.2) is 119 Å². The summed E-state index contributed by atoms with van der Waals surface area (Å²) in [6, 6.07) is 19.4. The van der Waals surface area contributed by atoms with Crippen LogP contribution in [0, 0.1) is 28.1 Å². The third kappa shape index (κ3) is 10.9. The van der Waals surface area contributed by atoms with Crippen molar-refractivity contribution in [2.45, 2.75) is 114 Å². The Morgan fingerprint density at radius 2 is 1.28 bits per heavy atom. The summed E-state index contributed by atoms with van der Waals surface area (Å²) in [4.78, 5) is 46.9. The summed E-state index contributed by atoms with van der Waals surface area (Å²) in [5.41, 5.74) is 1.94. The number of hydrogen-bond donors (Lipinski definition) is 1. The van der Waals surface area contributed by atoms with Gasteiger partial charge < -0.3 is 14.6 Å². The zero-order valence-electron chi connectivity index (χ0n) is 37.3. The molecule has 0 amide bonds. The fraction of sp³-hybridized carbons (Fsp3) is 0.415. The smallest absolute Gasteiger partial charge is 0.184 e. The highest BCUT2D eigenvalue weighted by Crippen LogP contribution is 2.61. The van der Waals surface area contributed by atoms with Crippen LogP contribution in [0.1, 0.15) is 118 Å². The number of halogens is 2. The summed E-state index contributed by atoms with van der Waals surface area (Å²) in [7, 11) is 0. The second-order valence-electron chi connectivity index (χ2n) is 18.7. The van der Waals surface area contributed by atoms with Gasteiger partial charge in [-0.05, 0) is 158 Å². The minimum absolute atomic E-state index is 0.114. The number of rotatable bonds is 16. The van der Waals surface area contributed by atoms with Crippen LogP contribution < -0.4 is 9.47 Å². The molecule has 61 heavy (non-hydrogen) atoms. The van der Waals surface area contributed by atoms with Gasteiger partial charge in [0, 0.05) is 15.6 Å². The number of aliphatic hydroxyl groups excluding tert-OH is 1. The summed E-state index contributed by atoms with van der Waals surface area (Å²) >= 11 is 12.3. The lowest BCUT2D eigenvalue weighted by molar-refractivity contribution is -0.156. The second-order valence-corrected chi connectivity index (χ2v) is 19.6. The molecular weight excluding hydrogens is 803 g/mol. The summed E-state index contributed by atoms with van der Waals surface area (Å²) in [6.45, 7) is 22.9. The zero-order chi connectivity index (χ0) is 44.9. The highest BCUT2D eigenvalue weighted by molar-refractivity contribution is 6.41. The molecule has 0 aromatic heterocycles. The largest absolute Gasteiger partial charge is 0.506 e. The van der Waals surface area contributed by atoms with E-state index in [2.05, 4.69) is 32.6 Å². The van der Waals surface area contributed by atoms with Gasteiger partial charge >= 0.3 is 0 Å². The van der Waals surface area contributed by atoms with Crippen LogP contribution in [0.2, 0.25) is 10.0 Å². The first-order chi connectivity index (χ1) is 28.7. The SMILES string of the molecule is C=C(C)C(CC=C(C)C)CC12CC(CC=C(C)C)C(C)(C)CC(CC=C(C)C)(C(=O)C(=C(O)c3ccc(OCc4ccc(Cl)cc4)c(OCc4ccc(Cl)cc4)c3)C1=O)C2=O. The van der Waals surface area contributed by atoms with Crippen LogP contribution in [0.4, 0.5) is 0 Å². The molecule has 3 aromatic rings. The summed E-state index contributed by atoms with van der Waals surface area (Å²) < 4.78 is 12.6. The van der Waals surface area contributed by atoms with Crippen molar-refractivity contribution in [2.24, 2.45) is 28.1 Å². The number of fused-ring (bicyclic) bond motifs is 2. The molecule has 2 bridgehead atoms. The van der Waals surface area contributed by atoms with Crippen LogP contribution >= 0.6 is 23.2 Å². The molecule has 0 heterocycles. The molecule has 2 aliphatic rings. The Kier molecular flexibility index (Phi) is 15.2. The van der Waals surface area contributed by atoms with Gasteiger partial charge in [-0.2, -0.15) is 0 Å². The van der Waals surface area contributed by atoms with Crippen molar-refractivity contribution >= 4 is 46.3 Å². The average molecular weight is 866 g/mol. The lowest BCUT2D eigenvalue weighted by Gasteiger charge is -2.45. The maximum absolute atomic E-state index is 15.7. The molecule has 4 atom stereocenters. The minimum Gasteiger partial charge on any atom is -0.506 e. The Labute approximate surface area is 373 Å². The maximum atomic E-state index is 15.7. The zero-order valence-corrected chi connectivity index (χ0v) is 38.9. The number of ether oxygens (including phenoxy) is 2. The van der Waals surface area contributed by atoms with E-state index in [4.69, 9.17) is 32.7 Å². The van der Waals surface area contributed by atoms with Gasteiger partial charge in [0.1, 0.15) is 24.5 Å². The van der Waals surface area contributed by atoms with Crippen molar-refractivity contribution in [3.8, 4) is 11.5 Å². The van der Waals surface area contributed by atoms with Crippen molar-refractivity contribution < 1.29 is 29.0 Å². The fourth-order valence-corrected chi connectivity index (χ4v) is 9.14. The van der Waals surface area contributed by atoms with Crippen LogP contribution in [0.5, 0.6) is 11.5 Å². The molecule has 1 N–H and O–H groups in total. The molecule has 3 aromatic carbocycles. The van der Waals surface area contributed by atoms with Gasteiger partial charge in [0.2, 0.25) is 0 Å². The standard InChI is InChI=1S/C53H62Cl2O6/c1-33(2)11-17-40(36(7)8)28-53-29-41(19-12-34(3)4)51(9,10)32-52(50(53)59,26-25-35(5)6)48(57)46(49(53)58)47(56)39-18-24-44(60-30-37-13-20-42(54)21-14-37)45(27-39)61-31-38-15-22-43(55)23-16-38/h11-16,18,20-25,27,40-41,56H,7,17,19,26,28-32H2,1-6,8-10H3. The van der Waals surface area contributed by atoms with E-state index in [1.165, 1.54) is 0 Å². The lowest BCUT2D eigenvalue weighted by Crippen LogP contribution is -2.59. The van der Waals surface area contributed by atoms with E-state index in [-0.39, 0.29) is 67.7 Å². The number of allylic oxidation sites excluding steroid dienone is 8. The highest BCUT2D eigenvalue weighted by Gasteiger charge is 2.68. The fourth-order valence-electron chi connectivity index (χ4n) is 8.88. The first-order valence-electron chi connectivity index (χ1n) is 21.2. The summed E-state index contributed by atoms with van der Waals surface area (Å²) in [6.07, 6.45) is 8.24. The average Bonchev–Trinajstić information content (AvgIpc) is 3.25. The normalized spacial score (nSPS) is 22.1. The Bertz CT molecular complexity index is 2260. The van der Waals surface area contributed by atoms with E-state index >= 15 is 14.4 Å². The Balaban J connectivity index is 1.74. The highest BCUT2D eigenvalue weighted by atomic mass is 35.5. The van der Waals surface area contributed by atoms with Crippen LogP contribution in [-0.4, -0.2) is 22.5 Å². The van der Waals surface area contributed by atoms with E-state index in [0.29, 0.717) is 34.4 Å². The molecule has 2 fully saturated rings. The number of carbonyl (C=O) groups excluding carboxylic acids is 3. The minimum atomic E-state index is -1.60. The van der Waals surface area contributed by atoms with Gasteiger partial charge in [0.25, 0.3) is 0 Å². The van der Waals surface area contributed by atoms with Gasteiger partial charge in [0.05, 0.1) is 10.8 Å². The van der Waals surface area contributed by atoms with E-state index in [1.807, 2.05) is 78.8 Å². The molecule has 5 rings (SSSR count). The molecule has 0 spiro atoms. The number of ketones is 3. The first-order valence-corrected chi connectivity index (χ1v) is 22.0. The monoisotopic (exact) mass is 864 g/mol. The summed E-state index contributed by atoms with van der Waals surface area (Å²) in [5, 5.41) is 13.7. The molecule has 2 aliphatic carbocycles. The number of aliphatic hydroxyl groups is 1. The summed E-state index contributed by atoms with van der Waals surface area (Å²) in [5.74, 6) is -1.73. The van der Waals surface area contributed by atoms with Gasteiger partial charge in [0.15, 0.2) is 28.8 Å². The van der Waals surface area contributed by atoms with Gasteiger partial charge in [-0.25, -0.2) is 0 Å². The third-order valence-corrected chi connectivity index (χ3v) is 13.0. The van der Waals surface area contributed by atoms with Crippen LogP contribution in [0.25, 0.3) is 5.76 Å². The first kappa shape index (κ1) is 47.4.